The lowest BCUT2D eigenvalue weighted by Gasteiger charge is -2.12. The molecule has 2 rings (SSSR count). The Morgan fingerprint density at radius 2 is 2.12 bits per heavy atom. The molecule has 1 fully saturated rings. The predicted molar refractivity (Wildman–Crippen MR) is 94.9 cm³/mol. The maximum atomic E-state index is 11.9. The third kappa shape index (κ3) is 5.67. The Labute approximate surface area is 152 Å². The number of methoxy groups -OCH3 is 1. The van der Waals surface area contributed by atoms with Crippen molar-refractivity contribution in [2.75, 3.05) is 13.7 Å². The summed E-state index contributed by atoms with van der Waals surface area (Å²) in [6.07, 6.45) is 3.91. The number of esters is 1. The van der Waals surface area contributed by atoms with E-state index in [2.05, 4.69) is 5.32 Å². The Balaban J connectivity index is 1.99. The van der Waals surface area contributed by atoms with E-state index in [1.165, 1.54) is 13.2 Å². The molecule has 1 aromatic carbocycles. The molecule has 136 valence electrons. The third-order valence-electron chi connectivity index (χ3n) is 3.53. The average molecular weight is 368 g/mol. The first-order chi connectivity index (χ1) is 11.9. The van der Waals surface area contributed by atoms with Gasteiger partial charge in [0.25, 0.3) is 5.91 Å². The number of carbonyl (C=O) groups excluding carboxylic acids is 2. The van der Waals surface area contributed by atoms with E-state index >= 15 is 0 Å². The Hall–Kier alpha value is -2.21. The van der Waals surface area contributed by atoms with E-state index in [0.717, 1.165) is 12.8 Å². The van der Waals surface area contributed by atoms with Gasteiger partial charge in [0.15, 0.2) is 17.6 Å². The summed E-state index contributed by atoms with van der Waals surface area (Å²) in [6.45, 7) is 3.84. The van der Waals surface area contributed by atoms with Gasteiger partial charge in [-0.1, -0.05) is 11.6 Å². The van der Waals surface area contributed by atoms with E-state index in [-0.39, 0.29) is 11.9 Å². The quantitative estimate of drug-likeness (QED) is 0.564. The highest BCUT2D eigenvalue weighted by molar-refractivity contribution is 6.32. The van der Waals surface area contributed by atoms with Gasteiger partial charge in [0.1, 0.15) is 0 Å². The fourth-order valence-corrected chi connectivity index (χ4v) is 2.42. The molecule has 1 amide bonds. The summed E-state index contributed by atoms with van der Waals surface area (Å²) >= 11 is 6.16. The first kappa shape index (κ1) is 19.1. The summed E-state index contributed by atoms with van der Waals surface area (Å²) in [5.41, 5.74) is 0.654. The molecule has 1 atom stereocenters. The second kappa shape index (κ2) is 8.76. The van der Waals surface area contributed by atoms with E-state index < -0.39 is 12.1 Å². The Kier molecular flexibility index (Phi) is 6.70. The smallest absolute Gasteiger partial charge is 0.331 e. The molecular weight excluding hydrogens is 346 g/mol. The van der Waals surface area contributed by atoms with Crippen LogP contribution in [0.3, 0.4) is 0 Å². The van der Waals surface area contributed by atoms with Gasteiger partial charge in [-0.05, 0) is 50.5 Å². The molecule has 7 heteroatoms. The normalized spacial score (nSPS) is 14.9. The lowest BCUT2D eigenvalue weighted by Crippen LogP contribution is -2.36. The van der Waals surface area contributed by atoms with Crippen molar-refractivity contribution in [1.29, 1.82) is 0 Å². The zero-order valence-corrected chi connectivity index (χ0v) is 15.3. The van der Waals surface area contributed by atoms with Crippen LogP contribution in [0.2, 0.25) is 5.02 Å². The van der Waals surface area contributed by atoms with E-state index in [9.17, 15) is 9.59 Å². The molecule has 1 aliphatic rings. The average Bonchev–Trinajstić information content (AvgIpc) is 3.37. The Morgan fingerprint density at radius 3 is 2.72 bits per heavy atom. The van der Waals surface area contributed by atoms with Gasteiger partial charge < -0.3 is 19.5 Å². The molecular formula is C18H22ClNO5. The number of hydrogen-bond acceptors (Lipinski definition) is 5. The summed E-state index contributed by atoms with van der Waals surface area (Å²) in [5.74, 6) is 0.0371. The van der Waals surface area contributed by atoms with E-state index in [1.54, 1.807) is 25.1 Å². The molecule has 0 spiro atoms. The van der Waals surface area contributed by atoms with Crippen LogP contribution < -0.4 is 14.8 Å². The molecule has 25 heavy (non-hydrogen) atoms. The van der Waals surface area contributed by atoms with Gasteiger partial charge in [-0.3, -0.25) is 4.79 Å². The molecule has 0 radical (unpaired) electrons. The molecule has 1 aromatic rings. The molecule has 0 heterocycles. The first-order valence-corrected chi connectivity index (χ1v) is 8.51. The molecule has 1 N–H and O–H groups in total. The van der Waals surface area contributed by atoms with Crippen molar-refractivity contribution >= 4 is 29.6 Å². The molecule has 1 saturated carbocycles. The number of ether oxygens (including phenoxy) is 3. The maximum Gasteiger partial charge on any atom is 0.331 e. The first-order valence-electron chi connectivity index (χ1n) is 8.14. The largest absolute Gasteiger partial charge is 0.491 e. The van der Waals surface area contributed by atoms with Crippen LogP contribution >= 0.6 is 11.6 Å². The molecule has 0 saturated heterocycles. The van der Waals surface area contributed by atoms with Crippen molar-refractivity contribution in [3.05, 3.63) is 28.8 Å². The lowest BCUT2D eigenvalue weighted by molar-refractivity contribution is -0.150. The second-order valence-corrected chi connectivity index (χ2v) is 6.07. The number of nitrogens with one attached hydrogen (secondary N) is 1. The van der Waals surface area contributed by atoms with Crippen molar-refractivity contribution in [3.8, 4) is 11.5 Å². The van der Waals surface area contributed by atoms with Crippen LogP contribution in [-0.4, -0.2) is 37.7 Å². The topological polar surface area (TPSA) is 73.9 Å². The van der Waals surface area contributed by atoms with Gasteiger partial charge in [-0.15, -0.1) is 0 Å². The summed E-state index contributed by atoms with van der Waals surface area (Å²) in [4.78, 5) is 23.6. The molecule has 0 bridgehead atoms. The summed E-state index contributed by atoms with van der Waals surface area (Å²) in [6, 6.07) is 3.58. The Morgan fingerprint density at radius 1 is 1.40 bits per heavy atom. The molecule has 0 aromatic heterocycles. The zero-order chi connectivity index (χ0) is 18.4. The molecule has 0 unspecified atom stereocenters. The van der Waals surface area contributed by atoms with Crippen LogP contribution in [0.15, 0.2) is 18.2 Å². The van der Waals surface area contributed by atoms with Crippen LogP contribution in [0.4, 0.5) is 0 Å². The van der Waals surface area contributed by atoms with Gasteiger partial charge in [0, 0.05) is 12.1 Å². The maximum absolute atomic E-state index is 11.9. The number of hydrogen-bond donors (Lipinski definition) is 1. The second-order valence-electron chi connectivity index (χ2n) is 5.66. The van der Waals surface area contributed by atoms with Crippen molar-refractivity contribution < 1.29 is 23.8 Å². The van der Waals surface area contributed by atoms with E-state index in [1.807, 2.05) is 6.92 Å². The third-order valence-corrected chi connectivity index (χ3v) is 3.81. The molecule has 6 nitrogen and oxygen atoms in total. The standard InChI is InChI=1S/C18H22ClNO5/c1-4-24-15-10-12(9-14(19)17(15)23-3)5-8-16(21)25-11(2)18(22)20-13-6-7-13/h5,8-11,13H,4,6-7H2,1-3H3,(H,20,22)/b8-5+/t11-/m1/s1. The summed E-state index contributed by atoms with van der Waals surface area (Å²) in [7, 11) is 1.50. The number of carbonyl (C=O) groups is 2. The van der Waals surface area contributed by atoms with Crippen molar-refractivity contribution in [2.45, 2.75) is 38.8 Å². The molecule has 0 aliphatic heterocycles. The number of amides is 1. The van der Waals surface area contributed by atoms with Gasteiger partial charge in [0.2, 0.25) is 0 Å². The van der Waals surface area contributed by atoms with Crippen LogP contribution in [0, 0.1) is 0 Å². The van der Waals surface area contributed by atoms with Gasteiger partial charge in [-0.2, -0.15) is 0 Å². The van der Waals surface area contributed by atoms with Gasteiger partial charge >= 0.3 is 5.97 Å². The number of rotatable bonds is 8. The van der Waals surface area contributed by atoms with Crippen LogP contribution in [0.5, 0.6) is 11.5 Å². The highest BCUT2D eigenvalue weighted by Crippen LogP contribution is 2.36. The SMILES string of the molecule is CCOc1cc(/C=C/C(=O)O[C@H](C)C(=O)NC2CC2)cc(Cl)c1OC. The van der Waals surface area contributed by atoms with Crippen LogP contribution in [-0.2, 0) is 14.3 Å². The van der Waals surface area contributed by atoms with E-state index in [4.69, 9.17) is 25.8 Å². The lowest BCUT2D eigenvalue weighted by atomic mass is 10.2. The zero-order valence-electron chi connectivity index (χ0n) is 14.5. The van der Waals surface area contributed by atoms with Crippen molar-refractivity contribution in [3.63, 3.8) is 0 Å². The van der Waals surface area contributed by atoms with Gasteiger partial charge in [0.05, 0.1) is 18.7 Å². The number of halogens is 1. The predicted octanol–water partition coefficient (Wildman–Crippen LogP) is 2.97. The highest BCUT2D eigenvalue weighted by Gasteiger charge is 2.26. The van der Waals surface area contributed by atoms with Crippen molar-refractivity contribution in [2.24, 2.45) is 0 Å². The van der Waals surface area contributed by atoms with Gasteiger partial charge in [-0.25, -0.2) is 4.79 Å². The van der Waals surface area contributed by atoms with Crippen LogP contribution in [0.1, 0.15) is 32.3 Å². The molecule has 1 aliphatic carbocycles. The fourth-order valence-electron chi connectivity index (χ4n) is 2.12. The van der Waals surface area contributed by atoms with E-state index in [0.29, 0.717) is 28.7 Å². The van der Waals surface area contributed by atoms with Crippen molar-refractivity contribution in [1.82, 2.24) is 5.32 Å². The highest BCUT2D eigenvalue weighted by atomic mass is 35.5. The summed E-state index contributed by atoms with van der Waals surface area (Å²) < 4.78 is 15.8. The minimum Gasteiger partial charge on any atom is -0.491 e. The van der Waals surface area contributed by atoms with Crippen LogP contribution in [0.25, 0.3) is 6.08 Å². The Bertz CT molecular complexity index is 670. The minimum atomic E-state index is -0.837. The monoisotopic (exact) mass is 367 g/mol. The fraction of sp³-hybridized carbons (Fsp3) is 0.444. The minimum absolute atomic E-state index is 0.225. The number of benzene rings is 1. The summed E-state index contributed by atoms with van der Waals surface area (Å²) in [5, 5.41) is 3.16.